The van der Waals surface area contributed by atoms with E-state index in [0.717, 1.165) is 20.7 Å². The number of halogens is 1. The Bertz CT molecular complexity index is 648. The van der Waals surface area contributed by atoms with Crippen molar-refractivity contribution < 1.29 is 5.11 Å². The van der Waals surface area contributed by atoms with E-state index < -0.39 is 6.10 Å². The van der Waals surface area contributed by atoms with Crippen LogP contribution < -0.4 is 0 Å². The normalized spacial score (nSPS) is 13.0. The lowest BCUT2D eigenvalue weighted by Crippen LogP contribution is -2.02. The number of hydrogen-bond donors (Lipinski definition) is 1. The monoisotopic (exact) mass is 322 g/mol. The van der Waals surface area contributed by atoms with Gasteiger partial charge in [-0.3, -0.25) is 4.40 Å². The third-order valence-corrected chi connectivity index (χ3v) is 4.30. The molecule has 5 heteroatoms. The number of benzene rings is 1. The number of rotatable bonds is 3. The highest BCUT2D eigenvalue weighted by Gasteiger charge is 2.13. The Kier molecular flexibility index (Phi) is 3.20. The Morgan fingerprint density at radius 1 is 1.39 bits per heavy atom. The minimum absolute atomic E-state index is 0.525. The molecule has 3 aromatic rings. The molecule has 0 saturated heterocycles. The number of fused-ring (bicyclic) bond motifs is 1. The van der Waals surface area contributed by atoms with Crippen LogP contribution in [0.2, 0.25) is 0 Å². The van der Waals surface area contributed by atoms with Crippen LogP contribution >= 0.6 is 27.3 Å². The fraction of sp³-hybridized carbons (Fsp3) is 0.154. The molecule has 0 fully saturated rings. The van der Waals surface area contributed by atoms with Gasteiger partial charge in [-0.05, 0) is 11.6 Å². The molecule has 0 radical (unpaired) electrons. The lowest BCUT2D eigenvalue weighted by molar-refractivity contribution is 0.176. The first kappa shape index (κ1) is 11.9. The summed E-state index contributed by atoms with van der Waals surface area (Å²) in [5.74, 6) is 0. The van der Waals surface area contributed by atoms with Gasteiger partial charge in [0.2, 0.25) is 0 Å². The van der Waals surface area contributed by atoms with Crippen LogP contribution in [-0.4, -0.2) is 14.5 Å². The van der Waals surface area contributed by atoms with Gasteiger partial charge in [-0.2, -0.15) is 0 Å². The van der Waals surface area contributed by atoms with E-state index in [9.17, 15) is 5.11 Å². The first-order valence-electron chi connectivity index (χ1n) is 5.57. The van der Waals surface area contributed by atoms with Gasteiger partial charge >= 0.3 is 0 Å². The molecule has 2 aromatic heterocycles. The molecule has 0 amide bonds. The van der Waals surface area contributed by atoms with Crippen LogP contribution in [0.25, 0.3) is 4.96 Å². The van der Waals surface area contributed by atoms with Crippen molar-refractivity contribution >= 4 is 32.2 Å². The molecule has 0 aliphatic carbocycles. The van der Waals surface area contributed by atoms with Gasteiger partial charge in [0.25, 0.3) is 0 Å². The topological polar surface area (TPSA) is 37.5 Å². The second-order valence-corrected chi connectivity index (χ2v) is 5.79. The van der Waals surface area contributed by atoms with Crippen LogP contribution in [0, 0.1) is 0 Å². The summed E-state index contributed by atoms with van der Waals surface area (Å²) in [5, 5.41) is 12.2. The molecule has 18 heavy (non-hydrogen) atoms. The van der Waals surface area contributed by atoms with E-state index in [-0.39, 0.29) is 0 Å². The number of thiazole rings is 1. The van der Waals surface area contributed by atoms with E-state index in [0.29, 0.717) is 6.42 Å². The molecule has 1 unspecified atom stereocenters. The zero-order valence-corrected chi connectivity index (χ0v) is 11.9. The van der Waals surface area contributed by atoms with Gasteiger partial charge in [0, 0.05) is 28.7 Å². The van der Waals surface area contributed by atoms with Gasteiger partial charge in [-0.1, -0.05) is 34.1 Å². The van der Waals surface area contributed by atoms with Crippen LogP contribution in [-0.2, 0) is 6.42 Å². The molecule has 0 bridgehead atoms. The molecule has 1 aromatic carbocycles. The third-order valence-electron chi connectivity index (χ3n) is 2.81. The number of nitrogens with zero attached hydrogens (tertiary/aromatic N) is 2. The van der Waals surface area contributed by atoms with Crippen molar-refractivity contribution in [1.82, 2.24) is 9.38 Å². The molecule has 2 heterocycles. The molecular weight excluding hydrogens is 312 g/mol. The highest BCUT2D eigenvalue weighted by molar-refractivity contribution is 9.10. The molecule has 0 aliphatic heterocycles. The number of imidazole rings is 1. The molecule has 1 atom stereocenters. The SMILES string of the molecule is OC(Cc1cn2ccsc2n1)c1ccccc1Br. The van der Waals surface area contributed by atoms with Crippen molar-refractivity contribution in [2.45, 2.75) is 12.5 Å². The first-order chi connectivity index (χ1) is 8.74. The maximum Gasteiger partial charge on any atom is 0.193 e. The predicted octanol–water partition coefficient (Wildman–Crippen LogP) is 3.43. The van der Waals surface area contributed by atoms with E-state index in [1.165, 1.54) is 0 Å². The molecule has 0 spiro atoms. The van der Waals surface area contributed by atoms with Gasteiger partial charge in [0.05, 0.1) is 11.8 Å². The van der Waals surface area contributed by atoms with E-state index in [1.54, 1.807) is 11.3 Å². The first-order valence-corrected chi connectivity index (χ1v) is 7.25. The van der Waals surface area contributed by atoms with E-state index in [4.69, 9.17) is 0 Å². The standard InChI is InChI=1S/C13H11BrN2OS/c14-11-4-2-1-3-10(11)12(17)7-9-8-16-5-6-18-13(16)15-9/h1-6,8,12,17H,7H2. The summed E-state index contributed by atoms with van der Waals surface area (Å²) in [6.45, 7) is 0. The Hall–Kier alpha value is -1.17. The Balaban J connectivity index is 1.84. The van der Waals surface area contributed by atoms with Gasteiger partial charge in [0.1, 0.15) is 0 Å². The fourth-order valence-corrected chi connectivity index (χ4v) is 3.20. The Labute approximate surface area is 117 Å². The van der Waals surface area contributed by atoms with Gasteiger partial charge in [-0.25, -0.2) is 4.98 Å². The summed E-state index contributed by atoms with van der Waals surface area (Å²) < 4.78 is 2.91. The maximum absolute atomic E-state index is 10.2. The maximum atomic E-state index is 10.2. The zero-order chi connectivity index (χ0) is 12.5. The van der Waals surface area contributed by atoms with Crippen LogP contribution in [0.15, 0.2) is 46.5 Å². The fourth-order valence-electron chi connectivity index (χ4n) is 1.93. The second kappa shape index (κ2) is 4.84. The van der Waals surface area contributed by atoms with Gasteiger partial charge in [-0.15, -0.1) is 11.3 Å². The minimum Gasteiger partial charge on any atom is -0.388 e. The van der Waals surface area contributed by atoms with Crippen LogP contribution in [0.4, 0.5) is 0 Å². The highest BCUT2D eigenvalue weighted by Crippen LogP contribution is 2.26. The average molecular weight is 323 g/mol. The summed E-state index contributed by atoms with van der Waals surface area (Å²) in [6.07, 6.45) is 3.93. The number of aromatic nitrogens is 2. The van der Waals surface area contributed by atoms with Crippen molar-refractivity contribution in [1.29, 1.82) is 0 Å². The number of aliphatic hydroxyl groups excluding tert-OH is 1. The van der Waals surface area contributed by atoms with Gasteiger partial charge in [0.15, 0.2) is 4.96 Å². The molecule has 92 valence electrons. The van der Waals surface area contributed by atoms with Crippen molar-refractivity contribution in [3.05, 3.63) is 57.8 Å². The zero-order valence-electron chi connectivity index (χ0n) is 9.45. The molecular formula is C13H11BrN2OS. The molecule has 0 saturated carbocycles. The summed E-state index contributed by atoms with van der Waals surface area (Å²) >= 11 is 5.05. The largest absolute Gasteiger partial charge is 0.388 e. The van der Waals surface area contributed by atoms with E-state index in [1.807, 2.05) is 46.4 Å². The van der Waals surface area contributed by atoms with E-state index in [2.05, 4.69) is 20.9 Å². The lowest BCUT2D eigenvalue weighted by Gasteiger charge is -2.10. The van der Waals surface area contributed by atoms with Gasteiger partial charge < -0.3 is 5.11 Å². The van der Waals surface area contributed by atoms with Crippen molar-refractivity contribution in [2.24, 2.45) is 0 Å². The Morgan fingerprint density at radius 2 is 2.22 bits per heavy atom. The summed E-state index contributed by atoms with van der Waals surface area (Å²) in [6, 6.07) is 7.72. The summed E-state index contributed by atoms with van der Waals surface area (Å²) in [5.41, 5.74) is 1.80. The van der Waals surface area contributed by atoms with Crippen LogP contribution in [0.1, 0.15) is 17.4 Å². The molecule has 1 N–H and O–H groups in total. The summed E-state index contributed by atoms with van der Waals surface area (Å²) in [7, 11) is 0. The Morgan fingerprint density at radius 3 is 3.00 bits per heavy atom. The second-order valence-electron chi connectivity index (χ2n) is 4.07. The van der Waals surface area contributed by atoms with Crippen molar-refractivity contribution in [3.8, 4) is 0 Å². The van der Waals surface area contributed by atoms with E-state index >= 15 is 0 Å². The third kappa shape index (κ3) is 2.21. The molecule has 3 nitrogen and oxygen atoms in total. The lowest BCUT2D eigenvalue weighted by atomic mass is 10.1. The molecule has 0 aliphatic rings. The summed E-state index contributed by atoms with van der Waals surface area (Å²) in [4.78, 5) is 5.44. The highest BCUT2D eigenvalue weighted by atomic mass is 79.9. The average Bonchev–Trinajstić information content (AvgIpc) is 2.90. The molecule has 3 rings (SSSR count). The predicted molar refractivity (Wildman–Crippen MR) is 75.9 cm³/mol. The number of hydrogen-bond acceptors (Lipinski definition) is 3. The number of aliphatic hydroxyl groups is 1. The van der Waals surface area contributed by atoms with Crippen molar-refractivity contribution in [3.63, 3.8) is 0 Å². The quantitative estimate of drug-likeness (QED) is 0.802. The van der Waals surface area contributed by atoms with Crippen molar-refractivity contribution in [2.75, 3.05) is 0 Å². The van der Waals surface area contributed by atoms with Crippen LogP contribution in [0.3, 0.4) is 0 Å². The minimum atomic E-state index is -0.537. The van der Waals surface area contributed by atoms with Crippen LogP contribution in [0.5, 0.6) is 0 Å². The smallest absolute Gasteiger partial charge is 0.193 e.